The first-order valence-electron chi connectivity index (χ1n) is 3.15. The van der Waals surface area contributed by atoms with Crippen LogP contribution < -0.4 is 11.3 Å². The highest BCUT2D eigenvalue weighted by molar-refractivity contribution is 4.72. The number of ether oxygens (including phenoxy) is 1. The first-order chi connectivity index (χ1) is 4.98. The Kier molecular flexibility index (Phi) is 3.94. The van der Waals surface area contributed by atoms with E-state index in [1.54, 1.807) is 13.8 Å². The van der Waals surface area contributed by atoms with Gasteiger partial charge in [0.2, 0.25) is 0 Å². The van der Waals surface area contributed by atoms with E-state index in [1.807, 2.05) is 0 Å². The molecule has 6 nitrogen and oxygen atoms in total. The molecule has 0 atom stereocenters. The molecular formula is C5H13N3O3. The third kappa shape index (κ3) is 5.71. The molecule has 0 unspecified atom stereocenters. The van der Waals surface area contributed by atoms with E-state index in [9.17, 15) is 10.1 Å². The second-order valence-electron chi connectivity index (χ2n) is 2.84. The van der Waals surface area contributed by atoms with Crippen LogP contribution in [0.5, 0.6) is 0 Å². The van der Waals surface area contributed by atoms with Crippen LogP contribution in [0.1, 0.15) is 13.8 Å². The molecule has 0 radical (unpaired) electrons. The maximum atomic E-state index is 9.80. The molecule has 0 fully saturated rings. The molecule has 0 saturated heterocycles. The lowest BCUT2D eigenvalue weighted by Gasteiger charge is -2.21. The van der Waals surface area contributed by atoms with Crippen LogP contribution in [0.4, 0.5) is 0 Å². The van der Waals surface area contributed by atoms with E-state index in [4.69, 9.17) is 10.6 Å². The third-order valence-electron chi connectivity index (χ3n) is 1.05. The van der Waals surface area contributed by atoms with Gasteiger partial charge in [-0.05, 0) is 13.8 Å². The van der Waals surface area contributed by atoms with Gasteiger partial charge in [-0.3, -0.25) is 21.4 Å². The quantitative estimate of drug-likeness (QED) is 0.246. The van der Waals surface area contributed by atoms with Crippen molar-refractivity contribution in [2.24, 2.45) is 5.84 Å². The van der Waals surface area contributed by atoms with Crippen LogP contribution in [-0.2, 0) is 4.74 Å². The lowest BCUT2D eigenvalue weighted by Crippen LogP contribution is -2.48. The topological polar surface area (TPSA) is 90.4 Å². The third-order valence-corrected chi connectivity index (χ3v) is 1.05. The van der Waals surface area contributed by atoms with Gasteiger partial charge in [0, 0.05) is 4.92 Å². The van der Waals surface area contributed by atoms with Gasteiger partial charge in [-0.2, -0.15) is 0 Å². The molecular weight excluding hydrogens is 150 g/mol. The molecule has 0 aromatic rings. The first-order valence-corrected chi connectivity index (χ1v) is 3.15. The Bertz CT molecular complexity index is 137. The summed E-state index contributed by atoms with van der Waals surface area (Å²) in [5.41, 5.74) is 2.05. The van der Waals surface area contributed by atoms with Crippen molar-refractivity contribution in [1.29, 1.82) is 0 Å². The number of nitrogens with two attached hydrogens (primary N) is 1. The van der Waals surface area contributed by atoms with E-state index in [-0.39, 0.29) is 6.61 Å². The van der Waals surface area contributed by atoms with Gasteiger partial charge in [0.25, 0.3) is 0 Å². The maximum Gasteiger partial charge on any atom is 0.306 e. The van der Waals surface area contributed by atoms with Gasteiger partial charge in [-0.1, -0.05) is 0 Å². The molecule has 0 spiro atoms. The van der Waals surface area contributed by atoms with Crippen LogP contribution >= 0.6 is 0 Å². The molecule has 0 aliphatic rings. The van der Waals surface area contributed by atoms with E-state index in [0.29, 0.717) is 0 Å². The largest absolute Gasteiger partial charge is 0.318 e. The van der Waals surface area contributed by atoms with E-state index in [1.165, 1.54) is 0 Å². The Morgan fingerprint density at radius 1 is 1.73 bits per heavy atom. The predicted molar refractivity (Wildman–Crippen MR) is 39.2 cm³/mol. The average Bonchev–Trinajstić information content (AvgIpc) is 1.87. The number of nitrogens with zero attached hydrogens (tertiary/aromatic N) is 1. The number of hydrogen-bond acceptors (Lipinski definition) is 5. The Hall–Kier alpha value is -0.720. The molecule has 6 heteroatoms. The fourth-order valence-electron chi connectivity index (χ4n) is 0.417. The average molecular weight is 163 g/mol. The monoisotopic (exact) mass is 163 g/mol. The van der Waals surface area contributed by atoms with Crippen LogP contribution in [-0.4, -0.2) is 23.8 Å². The molecule has 11 heavy (non-hydrogen) atoms. The van der Waals surface area contributed by atoms with E-state index < -0.39 is 17.2 Å². The smallest absolute Gasteiger partial charge is 0.306 e. The summed E-state index contributed by atoms with van der Waals surface area (Å²) in [6.45, 7) is 3.30. The van der Waals surface area contributed by atoms with Crippen molar-refractivity contribution in [3.63, 3.8) is 0 Å². The van der Waals surface area contributed by atoms with Gasteiger partial charge in [0.1, 0.15) is 0 Å². The number of rotatable bonds is 5. The zero-order valence-corrected chi connectivity index (χ0v) is 6.66. The SMILES string of the molecule is CC(C)(COC[N+](=O)[O-])NN. The van der Waals surface area contributed by atoms with Gasteiger partial charge in [-0.25, -0.2) is 0 Å². The minimum atomic E-state index is -0.535. The lowest BCUT2D eigenvalue weighted by molar-refractivity contribution is -0.527. The Morgan fingerprint density at radius 2 is 2.27 bits per heavy atom. The number of hydrazine groups is 1. The van der Waals surface area contributed by atoms with Gasteiger partial charge < -0.3 is 4.74 Å². The number of hydrogen-bond donors (Lipinski definition) is 2. The highest BCUT2D eigenvalue weighted by atomic mass is 16.7. The number of nitrogens with one attached hydrogen (secondary N) is 1. The summed E-state index contributed by atoms with van der Waals surface area (Å²) >= 11 is 0. The summed E-state index contributed by atoms with van der Waals surface area (Å²) in [6.07, 6.45) is 0. The maximum absolute atomic E-state index is 9.80. The van der Waals surface area contributed by atoms with E-state index >= 15 is 0 Å². The highest BCUT2D eigenvalue weighted by Gasteiger charge is 2.16. The number of nitro groups is 1. The molecule has 0 amide bonds. The van der Waals surface area contributed by atoms with Crippen molar-refractivity contribution in [3.05, 3.63) is 10.1 Å². The highest BCUT2D eigenvalue weighted by Crippen LogP contribution is 1.99. The molecule has 0 aliphatic carbocycles. The predicted octanol–water partition coefficient (Wildman–Crippen LogP) is -0.521. The van der Waals surface area contributed by atoms with Crippen LogP contribution in [0.25, 0.3) is 0 Å². The zero-order chi connectivity index (χ0) is 8.91. The summed E-state index contributed by atoms with van der Waals surface area (Å²) < 4.78 is 4.71. The molecule has 0 heterocycles. The van der Waals surface area contributed by atoms with Crippen molar-refractivity contribution < 1.29 is 9.66 Å². The van der Waals surface area contributed by atoms with Crippen molar-refractivity contribution >= 4 is 0 Å². The fourth-order valence-corrected chi connectivity index (χ4v) is 0.417. The van der Waals surface area contributed by atoms with Crippen molar-refractivity contribution in [3.8, 4) is 0 Å². The molecule has 3 N–H and O–H groups in total. The van der Waals surface area contributed by atoms with E-state index in [2.05, 4.69) is 5.43 Å². The summed E-state index contributed by atoms with van der Waals surface area (Å²) in [5, 5.41) is 9.80. The zero-order valence-electron chi connectivity index (χ0n) is 6.66. The molecule has 0 aromatic carbocycles. The molecule has 66 valence electrons. The molecule has 0 aliphatic heterocycles. The second kappa shape index (κ2) is 4.22. The van der Waals surface area contributed by atoms with Gasteiger partial charge in [-0.15, -0.1) is 0 Å². The van der Waals surface area contributed by atoms with Crippen molar-refractivity contribution in [2.45, 2.75) is 19.4 Å². The summed E-state index contributed by atoms with van der Waals surface area (Å²) in [4.78, 5) is 9.27. The second-order valence-corrected chi connectivity index (χ2v) is 2.84. The summed E-state index contributed by atoms with van der Waals surface area (Å²) in [7, 11) is 0. The summed E-state index contributed by atoms with van der Waals surface area (Å²) in [6, 6.07) is 0. The Morgan fingerprint density at radius 3 is 2.64 bits per heavy atom. The van der Waals surface area contributed by atoms with Gasteiger partial charge >= 0.3 is 6.73 Å². The van der Waals surface area contributed by atoms with E-state index in [0.717, 1.165) is 0 Å². The Labute approximate surface area is 64.8 Å². The first kappa shape index (κ1) is 10.3. The van der Waals surface area contributed by atoms with Crippen LogP contribution in [0.15, 0.2) is 0 Å². The molecule has 0 aromatic heterocycles. The fraction of sp³-hybridized carbons (Fsp3) is 1.00. The standard InChI is InChI=1S/C5H13N3O3/c1-5(2,7-6)3-11-4-8(9)10/h7H,3-4,6H2,1-2H3. The molecule has 0 rings (SSSR count). The van der Waals surface area contributed by atoms with Crippen LogP contribution in [0.2, 0.25) is 0 Å². The van der Waals surface area contributed by atoms with Crippen molar-refractivity contribution in [1.82, 2.24) is 5.43 Å². The van der Waals surface area contributed by atoms with Gasteiger partial charge in [0.15, 0.2) is 0 Å². The lowest BCUT2D eigenvalue weighted by atomic mass is 10.1. The normalized spacial score (nSPS) is 11.5. The summed E-state index contributed by atoms with van der Waals surface area (Å²) in [5.74, 6) is 5.12. The van der Waals surface area contributed by atoms with Crippen LogP contribution in [0, 0.1) is 10.1 Å². The molecule has 0 bridgehead atoms. The Balaban J connectivity index is 3.45. The van der Waals surface area contributed by atoms with Gasteiger partial charge in [0.05, 0.1) is 12.1 Å². The van der Waals surface area contributed by atoms with Crippen molar-refractivity contribution in [2.75, 3.05) is 13.3 Å². The molecule has 0 saturated carbocycles. The minimum Gasteiger partial charge on any atom is -0.318 e. The minimum absolute atomic E-state index is 0.213. The van der Waals surface area contributed by atoms with Crippen LogP contribution in [0.3, 0.4) is 0 Å².